The number of thioether (sulfide) groups is 1. The number of ketones is 1. The molecule has 0 aromatic heterocycles. The first-order valence-corrected chi connectivity index (χ1v) is 17.1. The van der Waals surface area contributed by atoms with E-state index in [-0.39, 0.29) is 35.8 Å². The maximum Gasteiger partial charge on any atom is 0.245 e. The highest BCUT2D eigenvalue weighted by atomic mass is 32.2. The van der Waals surface area contributed by atoms with Crippen LogP contribution in [0.5, 0.6) is 0 Å². The molecule has 0 saturated carbocycles. The fourth-order valence-corrected chi connectivity index (χ4v) is 7.56. The molecule has 3 saturated heterocycles. The van der Waals surface area contributed by atoms with Gasteiger partial charge in [0.2, 0.25) is 11.7 Å². The van der Waals surface area contributed by atoms with E-state index >= 15 is 0 Å². The molecule has 4 aliphatic heterocycles. The number of fused-ring (bicyclic) bond motifs is 2. The summed E-state index contributed by atoms with van der Waals surface area (Å²) in [5.74, 6) is 0.928. The van der Waals surface area contributed by atoms with E-state index < -0.39 is 0 Å². The van der Waals surface area contributed by atoms with Gasteiger partial charge < -0.3 is 19.4 Å². The Bertz CT molecular complexity index is 1570. The number of amides is 1. The van der Waals surface area contributed by atoms with Crippen LogP contribution >= 0.6 is 11.8 Å². The van der Waals surface area contributed by atoms with Gasteiger partial charge >= 0.3 is 0 Å². The smallest absolute Gasteiger partial charge is 0.245 e. The first kappa shape index (κ1) is 34.1. The second-order valence-corrected chi connectivity index (χ2v) is 13.1. The highest BCUT2D eigenvalue weighted by Crippen LogP contribution is 2.39. The molecule has 7 nitrogen and oxygen atoms in total. The molecule has 1 N–H and O–H groups in total. The predicted octanol–water partition coefficient (Wildman–Crippen LogP) is 6.61. The number of terminal acetylenes is 1. The Morgan fingerprint density at radius 3 is 2.68 bits per heavy atom. The third kappa shape index (κ3) is 8.95. The number of benzene rings is 2. The highest BCUT2D eigenvalue weighted by Gasteiger charge is 2.46. The summed E-state index contributed by atoms with van der Waals surface area (Å²) < 4.78 is 11.5. The van der Waals surface area contributed by atoms with Gasteiger partial charge in [-0.2, -0.15) is 0 Å². The van der Waals surface area contributed by atoms with Crippen LogP contribution in [0.3, 0.4) is 0 Å². The molecule has 0 bridgehead atoms. The number of carbonyl (C=O) groups is 2. The van der Waals surface area contributed by atoms with Gasteiger partial charge in [0, 0.05) is 37.6 Å². The van der Waals surface area contributed by atoms with Crippen molar-refractivity contribution in [3.8, 4) is 12.8 Å². The Hall–Kier alpha value is -4.29. The van der Waals surface area contributed by atoms with Gasteiger partial charge in [-0.1, -0.05) is 85.5 Å². The summed E-state index contributed by atoms with van der Waals surface area (Å²) >= 11 is 2.00. The third-order valence-electron chi connectivity index (χ3n) is 8.92. The summed E-state index contributed by atoms with van der Waals surface area (Å²) in [4.78, 5) is 28.2. The average Bonchev–Trinajstić information content (AvgIpc) is 3.32. The van der Waals surface area contributed by atoms with Crippen molar-refractivity contribution in [3.05, 3.63) is 131 Å². The van der Waals surface area contributed by atoms with Crippen LogP contribution < -0.4 is 5.43 Å². The first-order chi connectivity index (χ1) is 23.0. The maximum absolute atomic E-state index is 12.5. The Morgan fingerprint density at radius 1 is 1.11 bits per heavy atom. The van der Waals surface area contributed by atoms with Crippen LogP contribution in [0.1, 0.15) is 48.8 Å². The minimum absolute atomic E-state index is 0.0536. The van der Waals surface area contributed by atoms with Crippen LogP contribution in [-0.4, -0.2) is 53.1 Å². The van der Waals surface area contributed by atoms with Gasteiger partial charge in [-0.15, -0.1) is 24.6 Å². The number of hydrogen-bond acceptors (Lipinski definition) is 7. The van der Waals surface area contributed by atoms with E-state index in [9.17, 15) is 9.59 Å². The van der Waals surface area contributed by atoms with Crippen LogP contribution in [0.2, 0.25) is 0 Å². The second kappa shape index (κ2) is 16.5. The molecule has 1 aliphatic carbocycles. The topological polar surface area (TPSA) is 71.1 Å². The van der Waals surface area contributed by atoms with Crippen LogP contribution in [0, 0.1) is 12.8 Å². The molecule has 2 aromatic rings. The molecule has 2 aromatic carbocycles. The summed E-state index contributed by atoms with van der Waals surface area (Å²) in [7, 11) is 0. The molecular weight excluding hydrogens is 607 g/mol. The van der Waals surface area contributed by atoms with Crippen molar-refractivity contribution < 1.29 is 19.1 Å². The number of ether oxygens (including phenoxy) is 2. The van der Waals surface area contributed by atoms with Crippen LogP contribution in [-0.2, 0) is 37.8 Å². The molecule has 2 atom stereocenters. The lowest BCUT2D eigenvalue weighted by Crippen LogP contribution is -2.66. The molecule has 3 fully saturated rings. The van der Waals surface area contributed by atoms with Crippen molar-refractivity contribution in [2.24, 2.45) is 0 Å². The number of carbonyl (C=O) groups excluding carboxylic acids is 2. The van der Waals surface area contributed by atoms with Crippen LogP contribution in [0.25, 0.3) is 0 Å². The van der Waals surface area contributed by atoms with Gasteiger partial charge in [0.25, 0.3) is 0 Å². The number of hydrazine groups is 1. The standard InChI is InChI=1S/C22H27N3O4.C15H14S.C2H2/c1-17(28-16-18-6-3-2-4-7-18)19(26)8-11-24-15-21(27)25-12-10-22(9-5-13-29-22)14-20(25)23-24;1-2-7-13-10-12-6-4-5-8-14(12)11-16-15(13)9-3-1;1-2/h2-4,6-8,11,20,23H,1,5,9-10,12-16H2;1-8H,9-11H2;1-2H/b11-8-;;/t20-,22?;;/m0../s1. The maximum atomic E-state index is 12.5. The summed E-state index contributed by atoms with van der Waals surface area (Å²) in [6, 6.07) is 18.4. The van der Waals surface area contributed by atoms with Crippen molar-refractivity contribution in [1.82, 2.24) is 15.3 Å². The number of nitrogens with one attached hydrogen (secondary N) is 1. The van der Waals surface area contributed by atoms with E-state index in [1.807, 2.05) is 47.0 Å². The summed E-state index contributed by atoms with van der Waals surface area (Å²) in [5.41, 5.74) is 8.68. The summed E-state index contributed by atoms with van der Waals surface area (Å²) in [6.45, 7) is 5.69. The Labute approximate surface area is 283 Å². The minimum atomic E-state index is -0.322. The Balaban J connectivity index is 0.000000202. The van der Waals surface area contributed by atoms with Crippen molar-refractivity contribution in [2.75, 3.05) is 19.7 Å². The molecule has 244 valence electrons. The van der Waals surface area contributed by atoms with Crippen molar-refractivity contribution in [3.63, 3.8) is 0 Å². The van der Waals surface area contributed by atoms with Crippen molar-refractivity contribution >= 4 is 23.5 Å². The fraction of sp³-hybridized carbons (Fsp3) is 0.333. The van der Waals surface area contributed by atoms with Gasteiger partial charge in [-0.05, 0) is 59.3 Å². The van der Waals surface area contributed by atoms with Crippen molar-refractivity contribution in [2.45, 2.75) is 62.7 Å². The molecule has 4 heterocycles. The largest absolute Gasteiger partial charge is 0.485 e. The van der Waals surface area contributed by atoms with Crippen LogP contribution in [0.15, 0.2) is 114 Å². The van der Waals surface area contributed by atoms with E-state index in [0.717, 1.165) is 56.4 Å². The number of nitrogens with zero attached hydrogens (tertiary/aromatic N) is 2. The van der Waals surface area contributed by atoms with Crippen LogP contribution in [0.4, 0.5) is 0 Å². The summed E-state index contributed by atoms with van der Waals surface area (Å²) in [5, 5.41) is 1.67. The Morgan fingerprint density at radius 2 is 1.89 bits per heavy atom. The molecule has 5 aliphatic rings. The van der Waals surface area contributed by atoms with Gasteiger partial charge in [0.1, 0.15) is 19.3 Å². The van der Waals surface area contributed by atoms with E-state index in [1.54, 1.807) is 16.1 Å². The highest BCUT2D eigenvalue weighted by molar-refractivity contribution is 8.02. The molecule has 8 heteroatoms. The first-order valence-electron chi connectivity index (χ1n) is 16.1. The average molecular weight is 650 g/mol. The monoisotopic (exact) mass is 649 g/mol. The van der Waals surface area contributed by atoms with Crippen molar-refractivity contribution in [1.29, 1.82) is 0 Å². The van der Waals surface area contributed by atoms with E-state index in [2.05, 4.69) is 73.4 Å². The van der Waals surface area contributed by atoms with Gasteiger partial charge in [-0.25, -0.2) is 5.43 Å². The van der Waals surface area contributed by atoms with E-state index in [0.29, 0.717) is 13.2 Å². The number of piperidine rings is 1. The zero-order valence-corrected chi connectivity index (χ0v) is 27.6. The SMILES string of the molecule is C#C.C1=CCC2=C(C=C1)Cc1ccccc1CS2.C=C(OCc1ccccc1)C(=O)/C=C\N1CC(=O)N2CCC3(CCCO3)C[C@H]2N1. The lowest BCUT2D eigenvalue weighted by atomic mass is 9.86. The Kier molecular flexibility index (Phi) is 12.0. The molecule has 1 amide bonds. The second-order valence-electron chi connectivity index (χ2n) is 12.0. The quantitative estimate of drug-likeness (QED) is 0.215. The lowest BCUT2D eigenvalue weighted by Gasteiger charge is -2.49. The fourth-order valence-electron chi connectivity index (χ4n) is 6.41. The third-order valence-corrected chi connectivity index (χ3v) is 10.2. The van der Waals surface area contributed by atoms with Gasteiger partial charge in [0.05, 0.1) is 5.60 Å². The molecular formula is C39H43N3O4S. The summed E-state index contributed by atoms with van der Waals surface area (Å²) in [6.07, 6.45) is 25.7. The minimum Gasteiger partial charge on any atom is -0.485 e. The normalized spacial score (nSPS) is 22.9. The molecule has 0 radical (unpaired) electrons. The zero-order chi connectivity index (χ0) is 33.1. The molecule has 1 unspecified atom stereocenters. The molecule has 7 rings (SSSR count). The van der Waals surface area contributed by atoms with Gasteiger partial charge in [-0.3, -0.25) is 9.59 Å². The zero-order valence-electron chi connectivity index (χ0n) is 26.8. The predicted molar refractivity (Wildman–Crippen MR) is 188 cm³/mol. The van der Waals surface area contributed by atoms with E-state index in [4.69, 9.17) is 9.47 Å². The van der Waals surface area contributed by atoms with Gasteiger partial charge in [0.15, 0.2) is 5.76 Å². The number of hydrogen-bond donors (Lipinski definition) is 1. The molecule has 1 spiro atoms. The lowest BCUT2D eigenvalue weighted by molar-refractivity contribution is -0.155. The number of rotatable bonds is 6. The molecule has 47 heavy (non-hydrogen) atoms. The number of allylic oxidation sites excluding steroid dienone is 7. The van der Waals surface area contributed by atoms with E-state index in [1.165, 1.54) is 22.8 Å².